The molecule has 2 nitrogen and oxygen atoms in total. The molecule has 2 fully saturated rings. The maximum Gasteiger partial charge on any atom is 0.343 e. The van der Waals surface area contributed by atoms with Gasteiger partial charge < -0.3 is 4.74 Å². The van der Waals surface area contributed by atoms with Crippen LogP contribution in [0.25, 0.3) is 0 Å². The van der Waals surface area contributed by atoms with Gasteiger partial charge in [-0.25, -0.2) is 22.4 Å². The lowest BCUT2D eigenvalue weighted by Crippen LogP contribution is -2.30. The van der Waals surface area contributed by atoms with Gasteiger partial charge in [-0.2, -0.15) is 0 Å². The van der Waals surface area contributed by atoms with E-state index in [0.29, 0.717) is 23.6 Å². The van der Waals surface area contributed by atoms with Gasteiger partial charge in [-0.15, -0.1) is 0 Å². The van der Waals surface area contributed by atoms with Gasteiger partial charge in [0.25, 0.3) is 0 Å². The predicted octanol–water partition coefficient (Wildman–Crippen LogP) is 7.56. The molecule has 6 heteroatoms. The summed E-state index contributed by atoms with van der Waals surface area (Å²) in [6.45, 7) is 2.24. The summed E-state index contributed by atoms with van der Waals surface area (Å²) < 4.78 is 59.5. The molecule has 0 radical (unpaired) electrons. The Morgan fingerprint density at radius 2 is 1.59 bits per heavy atom. The molecule has 0 amide bonds. The normalized spacial score (nSPS) is 25.3. The van der Waals surface area contributed by atoms with E-state index in [1.807, 2.05) is 0 Å². The molecule has 2 aliphatic rings. The van der Waals surface area contributed by atoms with Crippen LogP contribution < -0.4 is 4.74 Å². The molecule has 172 valence electrons. The molecule has 2 saturated carbocycles. The van der Waals surface area contributed by atoms with E-state index in [0.717, 1.165) is 37.2 Å². The van der Waals surface area contributed by atoms with Crippen molar-refractivity contribution in [3.63, 3.8) is 0 Å². The number of halogens is 4. The molecule has 32 heavy (non-hydrogen) atoms. The quantitative estimate of drug-likeness (QED) is 0.204. The minimum atomic E-state index is -1.64. The maximum atomic E-state index is 14.9. The average molecular weight is 449 g/mol. The summed E-state index contributed by atoms with van der Waals surface area (Å²) in [4.78, 5) is 12.3. The highest BCUT2D eigenvalue weighted by atomic mass is 19.2. The van der Waals surface area contributed by atoms with Gasteiger partial charge in [0.15, 0.2) is 17.5 Å². The molecule has 2 aromatic rings. The number of fused-ring (bicyclic) bond motifs is 1. The second-order valence-electron chi connectivity index (χ2n) is 9.32. The van der Waals surface area contributed by atoms with Crippen molar-refractivity contribution in [3.05, 3.63) is 64.7 Å². The SMILES string of the molecule is CCC[C@H]1CC[C@@H]2CC(c3ccc(C(=O)Oc4cc(F)c(F)c(F)c4)cc3F)CC[C@H]2C1. The van der Waals surface area contributed by atoms with Crippen LogP contribution in [0.2, 0.25) is 0 Å². The van der Waals surface area contributed by atoms with Crippen LogP contribution in [0.1, 0.15) is 80.1 Å². The zero-order chi connectivity index (χ0) is 22.8. The van der Waals surface area contributed by atoms with Gasteiger partial charge in [0, 0.05) is 12.1 Å². The second kappa shape index (κ2) is 9.63. The molecule has 4 atom stereocenters. The van der Waals surface area contributed by atoms with Crippen molar-refractivity contribution in [2.75, 3.05) is 0 Å². The monoisotopic (exact) mass is 448 g/mol. The Labute approximate surface area is 186 Å². The Kier molecular flexibility index (Phi) is 6.87. The van der Waals surface area contributed by atoms with Crippen LogP contribution in [-0.4, -0.2) is 5.97 Å². The second-order valence-corrected chi connectivity index (χ2v) is 9.32. The lowest BCUT2D eigenvalue weighted by atomic mass is 9.63. The van der Waals surface area contributed by atoms with E-state index < -0.39 is 35.0 Å². The summed E-state index contributed by atoms with van der Waals surface area (Å²) >= 11 is 0. The van der Waals surface area contributed by atoms with Crippen LogP contribution in [-0.2, 0) is 0 Å². The first kappa shape index (κ1) is 22.8. The van der Waals surface area contributed by atoms with Gasteiger partial charge in [-0.3, -0.25) is 0 Å². The van der Waals surface area contributed by atoms with Gasteiger partial charge in [-0.1, -0.05) is 32.3 Å². The summed E-state index contributed by atoms with van der Waals surface area (Å²) in [5, 5.41) is 0. The van der Waals surface area contributed by atoms with Gasteiger partial charge >= 0.3 is 5.97 Å². The molecule has 2 aromatic carbocycles. The molecule has 0 heterocycles. The Morgan fingerprint density at radius 1 is 0.906 bits per heavy atom. The van der Waals surface area contributed by atoms with Crippen molar-refractivity contribution in [1.29, 1.82) is 0 Å². The highest BCUT2D eigenvalue weighted by Crippen LogP contribution is 2.48. The van der Waals surface area contributed by atoms with E-state index in [1.165, 1.54) is 38.2 Å². The smallest absolute Gasteiger partial charge is 0.343 e. The van der Waals surface area contributed by atoms with E-state index in [-0.39, 0.29) is 11.5 Å². The highest BCUT2D eigenvalue weighted by Gasteiger charge is 2.36. The number of ether oxygens (including phenoxy) is 1. The summed E-state index contributed by atoms with van der Waals surface area (Å²) in [5.74, 6) is -4.14. The van der Waals surface area contributed by atoms with Crippen molar-refractivity contribution in [3.8, 4) is 5.75 Å². The number of benzene rings is 2. The molecule has 0 spiro atoms. The van der Waals surface area contributed by atoms with Gasteiger partial charge in [0.2, 0.25) is 0 Å². The van der Waals surface area contributed by atoms with Crippen LogP contribution in [0.4, 0.5) is 17.6 Å². The van der Waals surface area contributed by atoms with Crippen LogP contribution in [0, 0.1) is 41.0 Å². The average Bonchev–Trinajstić information content (AvgIpc) is 2.77. The summed E-state index contributed by atoms with van der Waals surface area (Å²) in [7, 11) is 0. The molecule has 0 bridgehead atoms. The number of hydrogen-bond donors (Lipinski definition) is 0. The molecule has 0 aliphatic heterocycles. The van der Waals surface area contributed by atoms with E-state index in [1.54, 1.807) is 6.07 Å². The van der Waals surface area contributed by atoms with E-state index in [4.69, 9.17) is 4.74 Å². The zero-order valence-corrected chi connectivity index (χ0v) is 18.2. The van der Waals surface area contributed by atoms with Crippen molar-refractivity contribution >= 4 is 5.97 Å². The van der Waals surface area contributed by atoms with Gasteiger partial charge in [0.1, 0.15) is 11.6 Å². The fraction of sp³-hybridized carbons (Fsp3) is 0.500. The van der Waals surface area contributed by atoms with Crippen LogP contribution in [0.3, 0.4) is 0 Å². The van der Waals surface area contributed by atoms with Crippen molar-refractivity contribution in [1.82, 2.24) is 0 Å². The van der Waals surface area contributed by atoms with Gasteiger partial charge in [0.05, 0.1) is 5.56 Å². The third kappa shape index (κ3) is 4.84. The maximum absolute atomic E-state index is 14.9. The predicted molar refractivity (Wildman–Crippen MR) is 113 cm³/mol. The largest absolute Gasteiger partial charge is 0.423 e. The Bertz CT molecular complexity index is 967. The molecule has 0 saturated heterocycles. The molecule has 2 aliphatic carbocycles. The lowest BCUT2D eigenvalue weighted by Gasteiger charge is -2.42. The number of rotatable bonds is 5. The summed E-state index contributed by atoms with van der Waals surface area (Å²) in [6, 6.07) is 5.36. The number of esters is 1. The molecular formula is C26H28F4O2. The molecule has 0 N–H and O–H groups in total. The Morgan fingerprint density at radius 3 is 2.28 bits per heavy atom. The molecule has 4 rings (SSSR count). The number of carbonyl (C=O) groups is 1. The highest BCUT2D eigenvalue weighted by molar-refractivity contribution is 5.91. The lowest BCUT2D eigenvalue weighted by molar-refractivity contribution is 0.0733. The summed E-state index contributed by atoms with van der Waals surface area (Å²) in [6.07, 6.45) is 9.32. The van der Waals surface area contributed by atoms with E-state index in [9.17, 15) is 22.4 Å². The van der Waals surface area contributed by atoms with Crippen LogP contribution >= 0.6 is 0 Å². The van der Waals surface area contributed by atoms with Crippen molar-refractivity contribution in [2.45, 2.75) is 64.2 Å². The minimum absolute atomic E-state index is 0.0647. The third-order valence-corrected chi connectivity index (χ3v) is 7.26. The Balaban J connectivity index is 1.42. The topological polar surface area (TPSA) is 26.3 Å². The zero-order valence-electron chi connectivity index (χ0n) is 18.2. The molecule has 1 unspecified atom stereocenters. The van der Waals surface area contributed by atoms with Crippen LogP contribution in [0.15, 0.2) is 30.3 Å². The van der Waals surface area contributed by atoms with Crippen molar-refractivity contribution < 1.29 is 27.1 Å². The summed E-state index contributed by atoms with van der Waals surface area (Å²) in [5.41, 5.74) is 0.541. The van der Waals surface area contributed by atoms with Crippen molar-refractivity contribution in [2.24, 2.45) is 17.8 Å². The van der Waals surface area contributed by atoms with E-state index in [2.05, 4.69) is 6.92 Å². The third-order valence-electron chi connectivity index (χ3n) is 7.26. The van der Waals surface area contributed by atoms with Gasteiger partial charge in [-0.05, 0) is 73.5 Å². The first-order chi connectivity index (χ1) is 15.4. The fourth-order valence-electron chi connectivity index (χ4n) is 5.68. The standard InChI is InChI=1S/C26H28F4O2/c1-2-3-15-4-5-17-11-18(7-6-16(17)10-15)21-9-8-19(12-22(21)27)26(31)32-20-13-23(28)25(30)24(29)14-20/h8-9,12-18H,2-7,10-11H2,1H3/t15-,16-,17+,18?/m0/s1. The van der Waals surface area contributed by atoms with Crippen LogP contribution in [0.5, 0.6) is 5.75 Å². The van der Waals surface area contributed by atoms with E-state index >= 15 is 0 Å². The molecule has 0 aromatic heterocycles. The number of carbonyl (C=O) groups excluding carboxylic acids is 1. The molecular weight excluding hydrogens is 420 g/mol. The Hall–Kier alpha value is -2.37. The minimum Gasteiger partial charge on any atom is -0.423 e. The number of hydrogen-bond acceptors (Lipinski definition) is 2. The fourth-order valence-corrected chi connectivity index (χ4v) is 5.68. The first-order valence-electron chi connectivity index (χ1n) is 11.5. The first-order valence-corrected chi connectivity index (χ1v) is 11.5.